The van der Waals surface area contributed by atoms with Gasteiger partial charge in [-0.15, -0.1) is 0 Å². The number of hydrogen-bond donors (Lipinski definition) is 0. The van der Waals surface area contributed by atoms with Gasteiger partial charge in [0.15, 0.2) is 11.6 Å². The molecule has 3 heteroatoms. The Bertz CT molecular complexity index is 213. The maximum Gasteiger partial charge on any atom is 0.167 e. The molecule has 0 aromatic carbocycles. The van der Waals surface area contributed by atoms with Crippen LogP contribution in [-0.2, 0) is 14.3 Å². The minimum atomic E-state index is -0.646. The van der Waals surface area contributed by atoms with Crippen molar-refractivity contribution in [3.05, 3.63) is 0 Å². The number of carbonyl (C=O) groups is 1. The van der Waals surface area contributed by atoms with Crippen molar-refractivity contribution in [1.82, 2.24) is 0 Å². The second-order valence-electron chi connectivity index (χ2n) is 3.68. The summed E-state index contributed by atoms with van der Waals surface area (Å²) in [6.45, 7) is 4.12. The highest BCUT2D eigenvalue weighted by molar-refractivity contribution is 5.88. The van der Waals surface area contributed by atoms with Crippen molar-refractivity contribution in [2.75, 3.05) is 6.61 Å². The first kappa shape index (κ1) is 7.25. The highest BCUT2D eigenvalue weighted by Crippen LogP contribution is 2.40. The van der Waals surface area contributed by atoms with Gasteiger partial charge in [0.2, 0.25) is 0 Å². The summed E-state index contributed by atoms with van der Waals surface area (Å²) in [6.07, 6.45) is 1.29. The summed E-state index contributed by atoms with van der Waals surface area (Å²) in [4.78, 5) is 11.3. The van der Waals surface area contributed by atoms with Gasteiger partial charge < -0.3 is 9.47 Å². The van der Waals surface area contributed by atoms with Crippen LogP contribution in [0.15, 0.2) is 0 Å². The number of rotatable bonds is 0. The van der Waals surface area contributed by atoms with E-state index in [2.05, 4.69) is 0 Å². The number of ketones is 1. The van der Waals surface area contributed by atoms with Crippen LogP contribution in [0.25, 0.3) is 0 Å². The van der Waals surface area contributed by atoms with Gasteiger partial charge in [-0.25, -0.2) is 0 Å². The summed E-state index contributed by atoms with van der Waals surface area (Å²) >= 11 is 0. The molecule has 2 rings (SSSR count). The highest BCUT2D eigenvalue weighted by atomic mass is 16.8. The molecule has 2 atom stereocenters. The monoisotopic (exact) mass is 156 g/mol. The predicted octanol–water partition coefficient (Wildman–Crippen LogP) is 0.871. The Morgan fingerprint density at radius 1 is 1.45 bits per heavy atom. The molecule has 11 heavy (non-hydrogen) atoms. The topological polar surface area (TPSA) is 35.5 Å². The van der Waals surface area contributed by atoms with E-state index in [-0.39, 0.29) is 5.78 Å². The quantitative estimate of drug-likeness (QED) is 0.522. The summed E-state index contributed by atoms with van der Waals surface area (Å²) in [6, 6.07) is 0. The number of fused-ring (bicyclic) bond motifs is 2. The zero-order chi connectivity index (χ0) is 8.11. The summed E-state index contributed by atoms with van der Waals surface area (Å²) < 4.78 is 10.9. The third-order valence-electron chi connectivity index (χ3n) is 2.49. The molecule has 0 radical (unpaired) electrons. The molecule has 0 spiro atoms. The predicted molar refractivity (Wildman–Crippen MR) is 38.1 cm³/mol. The van der Waals surface area contributed by atoms with Crippen molar-refractivity contribution in [3.8, 4) is 0 Å². The Balaban J connectivity index is 2.30. The third kappa shape index (κ3) is 0.914. The van der Waals surface area contributed by atoms with Crippen LogP contribution < -0.4 is 0 Å². The molecule has 2 fully saturated rings. The highest BCUT2D eigenvalue weighted by Gasteiger charge is 2.53. The van der Waals surface area contributed by atoms with E-state index in [1.54, 1.807) is 6.92 Å². The zero-order valence-corrected chi connectivity index (χ0v) is 6.85. The maximum atomic E-state index is 11.3. The van der Waals surface area contributed by atoms with Crippen LogP contribution in [-0.4, -0.2) is 23.8 Å². The molecular formula is C8H12O3. The van der Waals surface area contributed by atoms with E-state index in [1.807, 2.05) is 6.92 Å². The molecule has 0 aromatic rings. The first-order chi connectivity index (χ1) is 5.04. The van der Waals surface area contributed by atoms with E-state index >= 15 is 0 Å². The Morgan fingerprint density at radius 2 is 2.18 bits per heavy atom. The first-order valence-corrected chi connectivity index (χ1v) is 3.92. The van der Waals surface area contributed by atoms with E-state index in [4.69, 9.17) is 9.47 Å². The summed E-state index contributed by atoms with van der Waals surface area (Å²) in [5, 5.41) is 0. The van der Waals surface area contributed by atoms with Gasteiger partial charge in [0.25, 0.3) is 0 Å². The summed E-state index contributed by atoms with van der Waals surface area (Å²) in [5.41, 5.74) is -0.646. The number of ether oxygens (including phenoxy) is 2. The van der Waals surface area contributed by atoms with E-state index in [0.29, 0.717) is 19.4 Å². The molecule has 2 aliphatic rings. The van der Waals surface area contributed by atoms with E-state index in [9.17, 15) is 4.79 Å². The second kappa shape index (κ2) is 1.84. The lowest BCUT2D eigenvalue weighted by Crippen LogP contribution is -2.44. The fraction of sp³-hybridized carbons (Fsp3) is 0.875. The SMILES string of the molecule is CC12CCC(=O)C(C)(CO1)O2. The molecule has 62 valence electrons. The summed E-state index contributed by atoms with van der Waals surface area (Å²) in [7, 11) is 0. The van der Waals surface area contributed by atoms with Crippen molar-refractivity contribution in [2.45, 2.75) is 38.1 Å². The Labute approximate surface area is 65.7 Å². The van der Waals surface area contributed by atoms with Crippen LogP contribution >= 0.6 is 0 Å². The normalized spacial score (nSPS) is 49.8. The molecule has 2 unspecified atom stereocenters. The zero-order valence-electron chi connectivity index (χ0n) is 6.85. The lowest BCUT2D eigenvalue weighted by molar-refractivity contribution is -0.197. The molecule has 2 saturated heterocycles. The van der Waals surface area contributed by atoms with Crippen LogP contribution in [0.2, 0.25) is 0 Å². The first-order valence-electron chi connectivity index (χ1n) is 3.92. The molecule has 0 amide bonds. The van der Waals surface area contributed by atoms with Gasteiger partial charge in [0, 0.05) is 12.8 Å². The lowest BCUT2D eigenvalue weighted by Gasteiger charge is -2.31. The van der Waals surface area contributed by atoms with Gasteiger partial charge in [-0.3, -0.25) is 4.79 Å². The number of Topliss-reactive ketones (excluding diaryl/α,β-unsaturated/α-hetero) is 1. The van der Waals surface area contributed by atoms with Gasteiger partial charge >= 0.3 is 0 Å². The molecule has 0 aliphatic carbocycles. The van der Waals surface area contributed by atoms with Gasteiger partial charge in [-0.1, -0.05) is 0 Å². The molecule has 0 aromatic heterocycles. The van der Waals surface area contributed by atoms with Gasteiger partial charge in [-0.05, 0) is 13.8 Å². The Morgan fingerprint density at radius 3 is 2.82 bits per heavy atom. The van der Waals surface area contributed by atoms with Crippen LogP contribution in [0.5, 0.6) is 0 Å². The van der Waals surface area contributed by atoms with E-state index < -0.39 is 11.4 Å². The van der Waals surface area contributed by atoms with Crippen molar-refractivity contribution in [3.63, 3.8) is 0 Å². The third-order valence-corrected chi connectivity index (χ3v) is 2.49. The standard InChI is InChI=1S/C8H12O3/c1-7-5-10-8(2,11-7)4-3-6(7)9/h3-5H2,1-2H3. The molecule has 0 saturated carbocycles. The second-order valence-corrected chi connectivity index (χ2v) is 3.68. The summed E-state index contributed by atoms with van der Waals surface area (Å²) in [5.74, 6) is -0.310. The molecule has 2 bridgehead atoms. The molecule has 3 nitrogen and oxygen atoms in total. The molecular weight excluding hydrogens is 144 g/mol. The van der Waals surface area contributed by atoms with E-state index in [1.165, 1.54) is 0 Å². The molecule has 2 aliphatic heterocycles. The van der Waals surface area contributed by atoms with Crippen molar-refractivity contribution < 1.29 is 14.3 Å². The number of carbonyl (C=O) groups excluding carboxylic acids is 1. The van der Waals surface area contributed by atoms with Gasteiger partial charge in [-0.2, -0.15) is 0 Å². The van der Waals surface area contributed by atoms with Crippen LogP contribution in [0.1, 0.15) is 26.7 Å². The largest absolute Gasteiger partial charge is 0.347 e. The fourth-order valence-corrected chi connectivity index (χ4v) is 1.69. The molecule has 0 N–H and O–H groups in total. The number of hydrogen-bond acceptors (Lipinski definition) is 3. The fourth-order valence-electron chi connectivity index (χ4n) is 1.69. The van der Waals surface area contributed by atoms with Crippen LogP contribution in [0.3, 0.4) is 0 Å². The van der Waals surface area contributed by atoms with Crippen LogP contribution in [0, 0.1) is 0 Å². The minimum absolute atomic E-state index is 0.174. The van der Waals surface area contributed by atoms with Crippen LogP contribution in [0.4, 0.5) is 0 Å². The Hall–Kier alpha value is -0.410. The van der Waals surface area contributed by atoms with Gasteiger partial charge in [0.1, 0.15) is 5.60 Å². The molecule has 2 heterocycles. The minimum Gasteiger partial charge on any atom is -0.347 e. The van der Waals surface area contributed by atoms with E-state index in [0.717, 1.165) is 0 Å². The maximum absolute atomic E-state index is 11.3. The average molecular weight is 156 g/mol. The van der Waals surface area contributed by atoms with Crippen molar-refractivity contribution >= 4 is 5.78 Å². The Kier molecular flexibility index (Phi) is 1.22. The van der Waals surface area contributed by atoms with Crippen molar-refractivity contribution in [1.29, 1.82) is 0 Å². The lowest BCUT2D eigenvalue weighted by atomic mass is 9.94. The van der Waals surface area contributed by atoms with Gasteiger partial charge in [0.05, 0.1) is 6.61 Å². The van der Waals surface area contributed by atoms with Crippen molar-refractivity contribution in [2.24, 2.45) is 0 Å². The average Bonchev–Trinajstić information content (AvgIpc) is 2.20. The smallest absolute Gasteiger partial charge is 0.167 e.